The summed E-state index contributed by atoms with van der Waals surface area (Å²) in [5.74, 6) is 1.25. The maximum Gasteiger partial charge on any atom is 0.247 e. The van der Waals surface area contributed by atoms with E-state index in [9.17, 15) is 0 Å². The van der Waals surface area contributed by atoms with Crippen molar-refractivity contribution in [2.24, 2.45) is 0 Å². The first-order valence-corrected chi connectivity index (χ1v) is 10.5. The summed E-state index contributed by atoms with van der Waals surface area (Å²) in [5, 5.41) is 11.6. The van der Waals surface area contributed by atoms with Gasteiger partial charge in [0.15, 0.2) is 11.4 Å². The van der Waals surface area contributed by atoms with Crippen LogP contribution in [0.5, 0.6) is 0 Å². The van der Waals surface area contributed by atoms with Crippen LogP contribution in [0, 0.1) is 19.3 Å². The van der Waals surface area contributed by atoms with E-state index in [0.717, 1.165) is 43.8 Å². The van der Waals surface area contributed by atoms with Gasteiger partial charge in [0, 0.05) is 30.9 Å². The van der Waals surface area contributed by atoms with Gasteiger partial charge in [-0.05, 0) is 62.6 Å². The van der Waals surface area contributed by atoms with Gasteiger partial charge in [0.05, 0.1) is 6.26 Å². The monoisotopic (exact) mass is 421 g/mol. The number of pyridine rings is 1. The van der Waals surface area contributed by atoms with E-state index in [2.05, 4.69) is 50.5 Å². The highest BCUT2D eigenvalue weighted by Crippen LogP contribution is 2.37. The third-order valence-electron chi connectivity index (χ3n) is 6.34. The van der Waals surface area contributed by atoms with Crippen LogP contribution >= 0.6 is 0 Å². The normalized spacial score (nSPS) is 22.8. The second kappa shape index (κ2) is 7.38. The van der Waals surface area contributed by atoms with Gasteiger partial charge < -0.3 is 15.5 Å². The number of nitrogens with zero attached hydrogens (tertiary/aromatic N) is 5. The number of aryl methyl sites for hydroxylation is 2. The summed E-state index contributed by atoms with van der Waals surface area (Å²) in [7, 11) is 0. The van der Waals surface area contributed by atoms with Crippen LogP contribution in [0.15, 0.2) is 35.1 Å². The van der Waals surface area contributed by atoms with E-state index in [-0.39, 0.29) is 11.6 Å². The van der Waals surface area contributed by atoms with Gasteiger partial charge in [-0.25, -0.2) is 0 Å². The molecular formula is C21H27N9O. The minimum atomic E-state index is -0.749. The van der Waals surface area contributed by atoms with Crippen molar-refractivity contribution in [1.29, 1.82) is 5.41 Å². The molecular weight excluding hydrogens is 394 g/mol. The molecule has 0 bridgehead atoms. The first kappa shape index (κ1) is 19.6. The van der Waals surface area contributed by atoms with Crippen LogP contribution in [-0.2, 0) is 12.2 Å². The lowest BCUT2D eigenvalue weighted by Gasteiger charge is -2.34. The first-order valence-electron chi connectivity index (χ1n) is 10.5. The lowest BCUT2D eigenvalue weighted by Crippen LogP contribution is -2.47. The van der Waals surface area contributed by atoms with Gasteiger partial charge in [0.2, 0.25) is 17.5 Å². The average molecular weight is 422 g/mol. The van der Waals surface area contributed by atoms with Crippen molar-refractivity contribution in [3.8, 4) is 0 Å². The summed E-state index contributed by atoms with van der Waals surface area (Å²) >= 11 is 0. The van der Waals surface area contributed by atoms with Crippen LogP contribution in [0.2, 0.25) is 0 Å². The number of nitrogens with two attached hydrogens (primary N) is 1. The average Bonchev–Trinajstić information content (AvgIpc) is 3.46. The Morgan fingerprint density at radius 2 is 2.19 bits per heavy atom. The van der Waals surface area contributed by atoms with E-state index in [0.29, 0.717) is 12.0 Å². The Hall–Kier alpha value is -3.40. The fourth-order valence-corrected chi connectivity index (χ4v) is 4.73. The summed E-state index contributed by atoms with van der Waals surface area (Å²) in [4.78, 5) is 15.2. The minimum absolute atomic E-state index is 0.00619. The Balaban J connectivity index is 1.45. The van der Waals surface area contributed by atoms with Gasteiger partial charge in [0.25, 0.3) is 0 Å². The number of aromatic nitrogens is 4. The van der Waals surface area contributed by atoms with Gasteiger partial charge in [-0.2, -0.15) is 14.6 Å². The Kier molecular flexibility index (Phi) is 4.66. The van der Waals surface area contributed by atoms with Gasteiger partial charge >= 0.3 is 0 Å². The first-order chi connectivity index (χ1) is 14.9. The van der Waals surface area contributed by atoms with Crippen molar-refractivity contribution < 1.29 is 4.42 Å². The van der Waals surface area contributed by atoms with E-state index >= 15 is 0 Å². The number of nitrogen functional groups attached to an aromatic ring is 1. The molecule has 0 radical (unpaired) electrons. The maximum atomic E-state index is 8.20. The molecule has 0 aromatic carbocycles. The Morgan fingerprint density at radius 3 is 2.97 bits per heavy atom. The molecule has 31 heavy (non-hydrogen) atoms. The number of nitrogens with one attached hydrogen (secondary N) is 3. The molecule has 0 saturated carbocycles. The molecule has 162 valence electrons. The largest absolute Gasteiger partial charge is 0.465 e. The Bertz CT molecular complexity index is 1140. The molecule has 0 aliphatic carbocycles. The number of anilines is 2. The molecule has 5 rings (SSSR count). The predicted molar refractivity (Wildman–Crippen MR) is 115 cm³/mol. The second-order valence-corrected chi connectivity index (χ2v) is 8.35. The summed E-state index contributed by atoms with van der Waals surface area (Å²) < 4.78 is 7.34. The number of fused-ring (bicyclic) bond motifs is 1. The molecule has 10 nitrogen and oxygen atoms in total. The molecule has 0 spiro atoms. The Labute approximate surface area is 180 Å². The molecule has 2 unspecified atom stereocenters. The van der Waals surface area contributed by atoms with Crippen LogP contribution in [0.1, 0.15) is 41.8 Å². The summed E-state index contributed by atoms with van der Waals surface area (Å²) in [6.45, 7) is 6.11. The number of hydrogen-bond donors (Lipinski definition) is 4. The third kappa shape index (κ3) is 3.42. The SMILES string of the molecule is Cc1ccnc(C)c1CN1CCCC1CC1(c2ccco2)Nc2nc(N)nc(=N)n2N1. The molecule has 2 aliphatic rings. The van der Waals surface area contributed by atoms with E-state index in [1.54, 1.807) is 6.26 Å². The van der Waals surface area contributed by atoms with Crippen LogP contribution in [0.3, 0.4) is 0 Å². The molecule has 5 heterocycles. The molecule has 10 heteroatoms. The lowest BCUT2D eigenvalue weighted by molar-refractivity contribution is 0.200. The molecule has 2 atom stereocenters. The standard InChI is InChI=1S/C21H27N9O/c1-13-7-8-24-14(2)16(13)12-29-9-3-5-15(29)11-21(17-6-4-10-31-17)27-20-26-18(22)25-19(23)30(20)28-21/h4,6-8,10,15,28H,3,5,9,11-12H2,1-2H3,(H4,22,23,25,26,27). The smallest absolute Gasteiger partial charge is 0.247 e. The topological polar surface area (TPSA) is 134 Å². The maximum absolute atomic E-state index is 8.20. The summed E-state index contributed by atoms with van der Waals surface area (Å²) in [5.41, 5.74) is 12.0. The number of likely N-dealkylation sites (tertiary alicyclic amines) is 1. The van der Waals surface area contributed by atoms with Gasteiger partial charge in [-0.15, -0.1) is 0 Å². The van der Waals surface area contributed by atoms with Crippen LogP contribution in [0.4, 0.5) is 11.9 Å². The molecule has 2 aliphatic heterocycles. The van der Waals surface area contributed by atoms with Gasteiger partial charge in [0.1, 0.15) is 0 Å². The zero-order chi connectivity index (χ0) is 21.6. The van der Waals surface area contributed by atoms with Crippen molar-refractivity contribution in [3.63, 3.8) is 0 Å². The number of hydrogen-bond acceptors (Lipinski definition) is 9. The Morgan fingerprint density at radius 1 is 1.32 bits per heavy atom. The molecule has 0 amide bonds. The van der Waals surface area contributed by atoms with Crippen LogP contribution in [-0.4, -0.2) is 37.1 Å². The molecule has 1 fully saturated rings. The predicted octanol–water partition coefficient (Wildman–Crippen LogP) is 1.82. The van der Waals surface area contributed by atoms with Crippen LogP contribution in [0.25, 0.3) is 0 Å². The second-order valence-electron chi connectivity index (χ2n) is 8.35. The van der Waals surface area contributed by atoms with E-state index in [1.165, 1.54) is 15.8 Å². The van der Waals surface area contributed by atoms with E-state index in [1.807, 2.05) is 18.3 Å². The quantitative estimate of drug-likeness (QED) is 0.490. The van der Waals surface area contributed by atoms with Crippen molar-refractivity contribution in [3.05, 3.63) is 58.9 Å². The van der Waals surface area contributed by atoms with Gasteiger partial charge in [-0.1, -0.05) is 0 Å². The minimum Gasteiger partial charge on any atom is -0.465 e. The molecule has 5 N–H and O–H groups in total. The lowest BCUT2D eigenvalue weighted by atomic mass is 9.96. The third-order valence-corrected chi connectivity index (χ3v) is 6.34. The fourth-order valence-electron chi connectivity index (χ4n) is 4.73. The van der Waals surface area contributed by atoms with E-state index in [4.69, 9.17) is 15.6 Å². The summed E-state index contributed by atoms with van der Waals surface area (Å²) in [6.07, 6.45) is 6.46. The number of rotatable bonds is 5. The molecule has 3 aromatic heterocycles. The van der Waals surface area contributed by atoms with Crippen molar-refractivity contribution in [1.82, 2.24) is 24.5 Å². The highest BCUT2D eigenvalue weighted by molar-refractivity contribution is 5.44. The highest BCUT2D eigenvalue weighted by atomic mass is 16.3. The van der Waals surface area contributed by atoms with E-state index < -0.39 is 5.66 Å². The van der Waals surface area contributed by atoms with Crippen molar-refractivity contribution >= 4 is 11.9 Å². The fraction of sp³-hybridized carbons (Fsp3) is 0.429. The summed E-state index contributed by atoms with van der Waals surface area (Å²) in [6, 6.07) is 6.18. The molecule has 3 aromatic rings. The highest BCUT2D eigenvalue weighted by Gasteiger charge is 2.45. The van der Waals surface area contributed by atoms with Crippen molar-refractivity contribution in [2.45, 2.75) is 51.4 Å². The van der Waals surface area contributed by atoms with Crippen molar-refractivity contribution in [2.75, 3.05) is 23.0 Å². The zero-order valence-electron chi connectivity index (χ0n) is 17.7. The molecule has 1 saturated heterocycles. The zero-order valence-corrected chi connectivity index (χ0v) is 17.7. The number of furan rings is 1. The van der Waals surface area contributed by atoms with Crippen LogP contribution < -0.4 is 22.1 Å². The van der Waals surface area contributed by atoms with Gasteiger partial charge in [-0.3, -0.25) is 20.7 Å².